The molecule has 0 bridgehead atoms. The van der Waals surface area contributed by atoms with Gasteiger partial charge in [-0.1, -0.05) is 32.0 Å². The van der Waals surface area contributed by atoms with Crippen LogP contribution in [-0.2, 0) is 11.2 Å². The number of benzene rings is 1. The highest BCUT2D eigenvalue weighted by Crippen LogP contribution is 2.11. The molecule has 1 aromatic carbocycles. The van der Waals surface area contributed by atoms with Crippen molar-refractivity contribution >= 4 is 17.5 Å². The average Bonchev–Trinajstić information content (AvgIpc) is 2.30. The van der Waals surface area contributed by atoms with Crippen molar-refractivity contribution in [3.8, 4) is 0 Å². The number of hydrogen-bond donors (Lipinski definition) is 1. The van der Waals surface area contributed by atoms with E-state index in [2.05, 4.69) is 31.3 Å². The first-order valence-corrected chi connectivity index (χ1v) is 6.80. The second-order valence-corrected chi connectivity index (χ2v) is 5.72. The average molecular weight is 268 g/mol. The van der Waals surface area contributed by atoms with Gasteiger partial charge in [-0.3, -0.25) is 4.79 Å². The van der Waals surface area contributed by atoms with Crippen LogP contribution in [0.25, 0.3) is 0 Å². The molecule has 3 heteroatoms. The van der Waals surface area contributed by atoms with Crippen molar-refractivity contribution in [2.45, 2.75) is 39.5 Å². The predicted molar refractivity (Wildman–Crippen MR) is 77.1 cm³/mol. The number of halogens is 1. The van der Waals surface area contributed by atoms with Crippen molar-refractivity contribution in [2.24, 2.45) is 5.92 Å². The fourth-order valence-electron chi connectivity index (χ4n) is 1.61. The maximum Gasteiger partial charge on any atom is 0.224 e. The van der Waals surface area contributed by atoms with E-state index in [1.807, 2.05) is 19.9 Å². The van der Waals surface area contributed by atoms with Crippen LogP contribution in [0.2, 0.25) is 0 Å². The van der Waals surface area contributed by atoms with Crippen LogP contribution >= 0.6 is 11.6 Å². The minimum Gasteiger partial charge on any atom is -0.354 e. The lowest BCUT2D eigenvalue weighted by molar-refractivity contribution is -0.120. The Kier molecular flexibility index (Phi) is 5.67. The standard InChI is InChI=1S/C15H22ClNO/c1-10(2)14(16)9-17-15(18)8-13-6-5-11(3)12(4)7-13/h5-7,10,14H,8-9H2,1-4H3,(H,17,18). The third-order valence-corrected chi connectivity index (χ3v) is 3.81. The van der Waals surface area contributed by atoms with Crippen molar-refractivity contribution in [3.05, 3.63) is 34.9 Å². The van der Waals surface area contributed by atoms with E-state index in [-0.39, 0.29) is 11.3 Å². The van der Waals surface area contributed by atoms with Gasteiger partial charge in [0, 0.05) is 6.54 Å². The second-order valence-electron chi connectivity index (χ2n) is 5.16. The summed E-state index contributed by atoms with van der Waals surface area (Å²) in [5.74, 6) is 0.401. The molecule has 0 spiro atoms. The summed E-state index contributed by atoms with van der Waals surface area (Å²) in [4.78, 5) is 11.8. The monoisotopic (exact) mass is 267 g/mol. The summed E-state index contributed by atoms with van der Waals surface area (Å²) >= 11 is 6.09. The molecule has 1 aromatic rings. The Balaban J connectivity index is 2.47. The largest absolute Gasteiger partial charge is 0.354 e. The van der Waals surface area contributed by atoms with Gasteiger partial charge in [0.05, 0.1) is 11.8 Å². The lowest BCUT2D eigenvalue weighted by atomic mass is 10.0. The van der Waals surface area contributed by atoms with Gasteiger partial charge in [-0.2, -0.15) is 0 Å². The van der Waals surface area contributed by atoms with Gasteiger partial charge >= 0.3 is 0 Å². The SMILES string of the molecule is Cc1ccc(CC(=O)NCC(Cl)C(C)C)cc1C. The molecule has 0 aliphatic carbocycles. The minimum absolute atomic E-state index is 0.00583. The molecule has 18 heavy (non-hydrogen) atoms. The molecule has 1 unspecified atom stereocenters. The minimum atomic E-state index is -0.00583. The second kappa shape index (κ2) is 6.79. The zero-order valence-corrected chi connectivity index (χ0v) is 12.3. The van der Waals surface area contributed by atoms with Gasteiger partial charge in [-0.15, -0.1) is 11.6 Å². The Labute approximate surface area is 115 Å². The first-order chi connectivity index (χ1) is 8.40. The molecular weight excluding hydrogens is 246 g/mol. The van der Waals surface area contributed by atoms with Crippen LogP contribution in [0.5, 0.6) is 0 Å². The predicted octanol–water partition coefficient (Wildman–Crippen LogP) is 3.23. The fourth-order valence-corrected chi connectivity index (χ4v) is 1.69. The van der Waals surface area contributed by atoms with Crippen LogP contribution in [0, 0.1) is 19.8 Å². The van der Waals surface area contributed by atoms with Crippen molar-refractivity contribution in [1.82, 2.24) is 5.32 Å². The molecule has 0 aromatic heterocycles. The summed E-state index contributed by atoms with van der Waals surface area (Å²) in [6.07, 6.45) is 0.419. The zero-order valence-electron chi connectivity index (χ0n) is 11.6. The molecule has 0 saturated carbocycles. The maximum absolute atomic E-state index is 11.8. The van der Waals surface area contributed by atoms with Crippen molar-refractivity contribution in [3.63, 3.8) is 0 Å². The molecule has 1 N–H and O–H groups in total. The molecule has 0 radical (unpaired) electrons. The Morgan fingerprint density at radius 2 is 1.94 bits per heavy atom. The number of amides is 1. The molecule has 0 saturated heterocycles. The quantitative estimate of drug-likeness (QED) is 0.816. The van der Waals surface area contributed by atoms with Crippen LogP contribution in [0.1, 0.15) is 30.5 Å². The molecule has 0 aliphatic rings. The number of hydrogen-bond acceptors (Lipinski definition) is 1. The normalized spacial score (nSPS) is 12.6. The topological polar surface area (TPSA) is 29.1 Å². The summed E-state index contributed by atoms with van der Waals surface area (Å²) in [5.41, 5.74) is 3.52. The number of rotatable bonds is 5. The highest BCUT2D eigenvalue weighted by molar-refractivity contribution is 6.21. The lowest BCUT2D eigenvalue weighted by Crippen LogP contribution is -2.32. The van der Waals surface area contributed by atoms with E-state index < -0.39 is 0 Å². The van der Waals surface area contributed by atoms with Crippen LogP contribution in [0.4, 0.5) is 0 Å². The van der Waals surface area contributed by atoms with Gasteiger partial charge in [-0.05, 0) is 36.5 Å². The molecule has 1 atom stereocenters. The van der Waals surface area contributed by atoms with E-state index in [1.54, 1.807) is 0 Å². The summed E-state index contributed by atoms with van der Waals surface area (Å²) in [5, 5.41) is 2.87. The summed E-state index contributed by atoms with van der Waals surface area (Å²) in [7, 11) is 0. The summed E-state index contributed by atoms with van der Waals surface area (Å²) in [6.45, 7) is 8.76. The molecule has 0 fully saturated rings. The fraction of sp³-hybridized carbons (Fsp3) is 0.533. The van der Waals surface area contributed by atoms with Crippen LogP contribution < -0.4 is 5.32 Å². The Morgan fingerprint density at radius 3 is 2.50 bits per heavy atom. The van der Waals surface area contributed by atoms with Gasteiger partial charge in [-0.25, -0.2) is 0 Å². The van der Waals surface area contributed by atoms with Gasteiger partial charge in [0.25, 0.3) is 0 Å². The van der Waals surface area contributed by atoms with E-state index in [0.717, 1.165) is 5.56 Å². The number of aryl methyl sites for hydroxylation is 2. The van der Waals surface area contributed by atoms with Gasteiger partial charge in [0.1, 0.15) is 0 Å². The Hall–Kier alpha value is -1.02. The number of alkyl halides is 1. The van der Waals surface area contributed by atoms with Crippen molar-refractivity contribution in [1.29, 1.82) is 0 Å². The molecular formula is C15H22ClNO. The van der Waals surface area contributed by atoms with Crippen LogP contribution in [0.15, 0.2) is 18.2 Å². The number of nitrogens with one attached hydrogen (secondary N) is 1. The van der Waals surface area contributed by atoms with Crippen LogP contribution in [0.3, 0.4) is 0 Å². The van der Waals surface area contributed by atoms with E-state index in [9.17, 15) is 4.79 Å². The van der Waals surface area contributed by atoms with Crippen molar-refractivity contribution < 1.29 is 4.79 Å². The number of carbonyl (C=O) groups excluding carboxylic acids is 1. The van der Waals surface area contributed by atoms with E-state index in [1.165, 1.54) is 11.1 Å². The Bertz CT molecular complexity index is 415. The van der Waals surface area contributed by atoms with E-state index >= 15 is 0 Å². The van der Waals surface area contributed by atoms with E-state index in [0.29, 0.717) is 18.9 Å². The molecule has 1 amide bonds. The third kappa shape index (κ3) is 4.69. The van der Waals surface area contributed by atoms with Gasteiger partial charge < -0.3 is 5.32 Å². The molecule has 100 valence electrons. The third-order valence-electron chi connectivity index (χ3n) is 3.15. The zero-order chi connectivity index (χ0) is 13.7. The summed E-state index contributed by atoms with van der Waals surface area (Å²) in [6, 6.07) is 6.12. The highest BCUT2D eigenvalue weighted by Gasteiger charge is 2.11. The summed E-state index contributed by atoms with van der Waals surface area (Å²) < 4.78 is 0. The lowest BCUT2D eigenvalue weighted by Gasteiger charge is -2.14. The first-order valence-electron chi connectivity index (χ1n) is 6.37. The highest BCUT2D eigenvalue weighted by atomic mass is 35.5. The molecule has 0 heterocycles. The smallest absolute Gasteiger partial charge is 0.224 e. The Morgan fingerprint density at radius 1 is 1.28 bits per heavy atom. The van der Waals surface area contributed by atoms with Crippen LogP contribution in [-0.4, -0.2) is 17.8 Å². The number of carbonyl (C=O) groups is 1. The van der Waals surface area contributed by atoms with Crippen molar-refractivity contribution in [2.75, 3.05) is 6.54 Å². The molecule has 0 aliphatic heterocycles. The maximum atomic E-state index is 11.8. The van der Waals surface area contributed by atoms with Gasteiger partial charge in [0.2, 0.25) is 5.91 Å². The molecule has 2 nitrogen and oxygen atoms in total. The van der Waals surface area contributed by atoms with Gasteiger partial charge in [0.15, 0.2) is 0 Å². The first kappa shape index (κ1) is 15.0. The van der Waals surface area contributed by atoms with E-state index in [4.69, 9.17) is 11.6 Å². The molecule has 1 rings (SSSR count).